The highest BCUT2D eigenvalue weighted by atomic mass is 35.5. The number of fused-ring (bicyclic) bond motifs is 3. The molecule has 2 aromatic carbocycles. The van der Waals surface area contributed by atoms with Gasteiger partial charge in [-0.05, 0) is 75.4 Å². The maximum atomic E-state index is 14.7. The average molecular weight is 686 g/mol. The fourth-order valence-corrected chi connectivity index (χ4v) is 6.33. The smallest absolute Gasteiger partial charge is 0.382 e. The zero-order valence-corrected chi connectivity index (χ0v) is 27.4. The Morgan fingerprint density at radius 2 is 1.76 bits per heavy atom. The van der Waals surface area contributed by atoms with E-state index in [0.29, 0.717) is 47.8 Å². The molecule has 9 nitrogen and oxygen atoms in total. The number of nitrogens with zero attached hydrogens (tertiary/aromatic N) is 4. The summed E-state index contributed by atoms with van der Waals surface area (Å²) in [5, 5.41) is 4.44. The second kappa shape index (κ2) is 13.0. The monoisotopic (exact) mass is 684 g/mol. The van der Waals surface area contributed by atoms with Gasteiger partial charge in [0.15, 0.2) is 5.82 Å². The van der Waals surface area contributed by atoms with Crippen molar-refractivity contribution < 1.29 is 32.6 Å². The third-order valence-electron chi connectivity index (χ3n) is 7.74. The number of alkyl halides is 3. The van der Waals surface area contributed by atoms with Crippen LogP contribution in [0.25, 0.3) is 5.69 Å². The van der Waals surface area contributed by atoms with Crippen molar-refractivity contribution >= 4 is 46.7 Å². The van der Waals surface area contributed by atoms with Crippen LogP contribution >= 0.6 is 34.8 Å². The summed E-state index contributed by atoms with van der Waals surface area (Å²) in [5.74, 6) is -0.947. The molecule has 0 spiro atoms. The van der Waals surface area contributed by atoms with E-state index >= 15 is 0 Å². The van der Waals surface area contributed by atoms with Gasteiger partial charge in [0.2, 0.25) is 11.7 Å². The molecule has 0 saturated carbocycles. The number of methoxy groups -OCH3 is 1. The Morgan fingerprint density at radius 1 is 1.04 bits per heavy atom. The Balaban J connectivity index is 1.47. The molecule has 2 aliphatic heterocycles. The summed E-state index contributed by atoms with van der Waals surface area (Å²) in [6.45, 7) is 6.29. The lowest BCUT2D eigenvalue weighted by Gasteiger charge is -2.33. The van der Waals surface area contributed by atoms with E-state index in [1.807, 2.05) is 20.8 Å². The first-order valence-corrected chi connectivity index (χ1v) is 15.6. The zero-order chi connectivity index (χ0) is 32.7. The number of hydrogen-bond donors (Lipinski definition) is 0. The molecule has 1 saturated heterocycles. The zero-order valence-electron chi connectivity index (χ0n) is 25.2. The van der Waals surface area contributed by atoms with Crippen LogP contribution in [0.3, 0.4) is 0 Å². The van der Waals surface area contributed by atoms with Crippen LogP contribution in [-0.4, -0.2) is 57.3 Å². The van der Waals surface area contributed by atoms with Crippen LogP contribution in [0, 0.1) is 5.92 Å². The molecule has 1 amide bonds. The highest BCUT2D eigenvalue weighted by Gasteiger charge is 2.43. The molecule has 5 rings (SSSR count). The number of likely N-dealkylation sites (tertiary alicyclic amines) is 1. The van der Waals surface area contributed by atoms with Crippen LogP contribution in [0.15, 0.2) is 36.4 Å². The van der Waals surface area contributed by atoms with Gasteiger partial charge in [-0.1, -0.05) is 35.3 Å². The maximum absolute atomic E-state index is 14.7. The van der Waals surface area contributed by atoms with Gasteiger partial charge in [0.05, 0.1) is 24.2 Å². The number of esters is 1. The van der Waals surface area contributed by atoms with Crippen molar-refractivity contribution in [2.75, 3.05) is 20.2 Å². The lowest BCUT2D eigenvalue weighted by Crippen LogP contribution is -2.40. The van der Waals surface area contributed by atoms with Crippen molar-refractivity contribution in [1.29, 1.82) is 0 Å². The van der Waals surface area contributed by atoms with E-state index in [9.17, 15) is 18.4 Å². The van der Waals surface area contributed by atoms with Crippen LogP contribution in [0.1, 0.15) is 81.4 Å². The Kier molecular flexibility index (Phi) is 9.66. The van der Waals surface area contributed by atoms with E-state index in [2.05, 4.69) is 10.2 Å². The number of rotatable bonds is 7. The first kappa shape index (κ1) is 33.4. The van der Waals surface area contributed by atoms with E-state index in [-0.39, 0.29) is 47.2 Å². The van der Waals surface area contributed by atoms with Gasteiger partial charge in [0, 0.05) is 35.7 Å². The topological polar surface area (TPSA) is 95.8 Å². The van der Waals surface area contributed by atoms with E-state index in [1.54, 1.807) is 35.2 Å². The Labute approximate surface area is 274 Å². The molecule has 0 radical (unpaired) electrons. The average Bonchev–Trinajstić information content (AvgIpc) is 3.36. The second-order valence-electron chi connectivity index (χ2n) is 12.1. The van der Waals surface area contributed by atoms with Gasteiger partial charge in [0.25, 0.3) is 0 Å². The first-order valence-electron chi connectivity index (χ1n) is 14.5. The summed E-state index contributed by atoms with van der Waals surface area (Å²) in [4.78, 5) is 27.7. The third kappa shape index (κ3) is 7.37. The molecule has 2 aliphatic rings. The summed E-state index contributed by atoms with van der Waals surface area (Å²) >= 11 is 18.6. The minimum Gasteiger partial charge on any atom is -0.495 e. The number of amides is 1. The van der Waals surface area contributed by atoms with E-state index < -0.39 is 29.0 Å². The van der Waals surface area contributed by atoms with Crippen LogP contribution in [0.2, 0.25) is 10.0 Å². The minimum absolute atomic E-state index is 0.0245. The number of piperidine rings is 1. The van der Waals surface area contributed by atoms with Crippen LogP contribution < -0.4 is 4.74 Å². The van der Waals surface area contributed by atoms with Crippen molar-refractivity contribution in [3.05, 3.63) is 69.2 Å². The fraction of sp³-hybridized carbons (Fsp3) is 0.484. The molecule has 45 heavy (non-hydrogen) atoms. The molecule has 1 fully saturated rings. The van der Waals surface area contributed by atoms with Crippen LogP contribution in [-0.2, 0) is 24.4 Å². The summed E-state index contributed by atoms with van der Waals surface area (Å²) in [6.07, 6.45) is -0.828. The fourth-order valence-electron chi connectivity index (χ4n) is 5.72. The quantitative estimate of drug-likeness (QED) is 0.189. The van der Waals surface area contributed by atoms with Crippen molar-refractivity contribution in [2.24, 2.45) is 5.92 Å². The van der Waals surface area contributed by atoms with E-state index in [4.69, 9.17) is 49.0 Å². The summed E-state index contributed by atoms with van der Waals surface area (Å²) < 4.78 is 47.9. The number of halogens is 5. The second-order valence-corrected chi connectivity index (χ2v) is 13.4. The van der Waals surface area contributed by atoms with E-state index in [1.165, 1.54) is 13.2 Å². The Bertz CT molecular complexity index is 1580. The molecule has 0 unspecified atom stereocenters. The lowest BCUT2D eigenvalue weighted by molar-refractivity contribution is -0.156. The molecular weight excluding hydrogens is 653 g/mol. The summed E-state index contributed by atoms with van der Waals surface area (Å²) in [6, 6.07) is 9.78. The predicted octanol–water partition coefficient (Wildman–Crippen LogP) is 7.39. The largest absolute Gasteiger partial charge is 0.495 e. The highest BCUT2D eigenvalue weighted by molar-refractivity contribution is 6.33. The first-order chi connectivity index (χ1) is 21.2. The lowest BCUT2D eigenvalue weighted by atomic mass is 9.93. The maximum Gasteiger partial charge on any atom is 0.382 e. The van der Waals surface area contributed by atoms with Gasteiger partial charge in [-0.3, -0.25) is 14.2 Å². The van der Waals surface area contributed by atoms with Gasteiger partial charge >= 0.3 is 11.4 Å². The third-order valence-corrected chi connectivity index (χ3v) is 8.55. The van der Waals surface area contributed by atoms with Crippen molar-refractivity contribution in [2.45, 2.75) is 69.6 Å². The molecule has 0 bridgehead atoms. The number of aromatic nitrogens is 3. The number of carbonyl (C=O) groups is 2. The number of ether oxygens (including phenoxy) is 3. The van der Waals surface area contributed by atoms with Gasteiger partial charge in [0.1, 0.15) is 23.6 Å². The molecule has 0 aliphatic carbocycles. The van der Waals surface area contributed by atoms with E-state index in [0.717, 1.165) is 4.57 Å². The number of carbonyl (C=O) groups excluding carboxylic acids is 2. The highest BCUT2D eigenvalue weighted by Crippen LogP contribution is 2.47. The summed E-state index contributed by atoms with van der Waals surface area (Å²) in [7, 11) is 1.47. The van der Waals surface area contributed by atoms with Crippen LogP contribution in [0.5, 0.6) is 5.75 Å². The van der Waals surface area contributed by atoms with Gasteiger partial charge in [-0.15, -0.1) is 10.2 Å². The van der Waals surface area contributed by atoms with Gasteiger partial charge < -0.3 is 19.1 Å². The summed E-state index contributed by atoms with van der Waals surface area (Å²) in [5.41, 5.74) is 0.534. The van der Waals surface area contributed by atoms with Crippen molar-refractivity contribution in [3.63, 3.8) is 0 Å². The predicted molar refractivity (Wildman–Crippen MR) is 164 cm³/mol. The number of benzene rings is 2. The molecule has 0 N–H and O–H groups in total. The minimum atomic E-state index is -3.89. The Morgan fingerprint density at radius 3 is 2.40 bits per heavy atom. The van der Waals surface area contributed by atoms with Crippen molar-refractivity contribution in [1.82, 2.24) is 19.7 Å². The SMILES string of the molecule is COc1cccc([C@H]2O[C@H](CC(=O)N3CCC(CC(=O)OC(C)(C)C)CC3)c3nnc(C(F)(F)Cl)n3-c3ccc(Cl)cc32)c1Cl. The van der Waals surface area contributed by atoms with Crippen molar-refractivity contribution in [3.8, 4) is 11.4 Å². The van der Waals surface area contributed by atoms with Gasteiger partial charge in [-0.2, -0.15) is 8.78 Å². The van der Waals surface area contributed by atoms with Gasteiger partial charge in [-0.25, -0.2) is 0 Å². The molecule has 242 valence electrons. The molecule has 3 heterocycles. The Hall–Kier alpha value is -2.99. The molecule has 1 aromatic heterocycles. The molecular formula is C31H33Cl3F2N4O5. The number of hydrogen-bond acceptors (Lipinski definition) is 7. The standard InChI is InChI=1S/C31H33Cl3F2N4O5/c1-30(2,3)45-25(42)14-17-10-12-39(13-11-17)24(41)16-23-28-37-38-29(31(34,35)36)40(28)21-9-8-18(32)15-20(21)27(44-23)19-6-5-7-22(43-4)26(19)33/h5-9,15,17,23,27H,10-14,16H2,1-4H3/t23-,27-/m1/s1. The van der Waals surface area contributed by atoms with Crippen LogP contribution in [0.4, 0.5) is 8.78 Å². The molecule has 2 atom stereocenters. The normalized spacial score (nSPS) is 19.0. The molecule has 3 aromatic rings. The molecule has 14 heteroatoms.